The van der Waals surface area contributed by atoms with Crippen LogP contribution in [-0.4, -0.2) is 23.2 Å². The van der Waals surface area contributed by atoms with Crippen molar-refractivity contribution in [3.05, 3.63) is 0 Å². The van der Waals surface area contributed by atoms with Gasteiger partial charge in [-0.3, -0.25) is 10.2 Å². The molecule has 0 aliphatic carbocycles. The van der Waals surface area contributed by atoms with Crippen LogP contribution in [0.15, 0.2) is 0 Å². The number of alkyl halides is 3. The number of hydrogen-bond donors (Lipinski definition) is 3. The minimum Gasteiger partial charge on any atom is -0.475 e. The van der Waals surface area contributed by atoms with E-state index < -0.39 is 12.1 Å². The molecule has 0 atom stereocenters. The molecule has 0 aromatic carbocycles. The number of halogens is 3. The molecule has 0 bridgehead atoms. The van der Waals surface area contributed by atoms with E-state index in [0.717, 1.165) is 12.8 Å². The van der Waals surface area contributed by atoms with Crippen LogP contribution in [0, 0.1) is 17.8 Å². The first-order chi connectivity index (χ1) is 8.91. The standard InChI is InChI=1S/C10H22N2O.C2HF3O2/c1-7(2)5-9(6-8(3)4)10(13)12-11;3-2(4,5)1(6)7/h7-9H,5-6,11H2,1-4H3,(H,12,13);(H,6,7). The second kappa shape index (κ2) is 9.57. The molecule has 0 rings (SSSR count). The van der Waals surface area contributed by atoms with Crippen LogP contribution in [0.2, 0.25) is 0 Å². The third-order valence-corrected chi connectivity index (χ3v) is 2.27. The van der Waals surface area contributed by atoms with Crippen LogP contribution in [0.4, 0.5) is 13.2 Å². The number of aliphatic carboxylic acids is 1. The Morgan fingerprint density at radius 1 is 1.10 bits per heavy atom. The highest BCUT2D eigenvalue weighted by Gasteiger charge is 2.38. The van der Waals surface area contributed by atoms with Gasteiger partial charge < -0.3 is 5.11 Å². The summed E-state index contributed by atoms with van der Waals surface area (Å²) in [5.41, 5.74) is 2.24. The van der Waals surface area contributed by atoms with Gasteiger partial charge in [-0.2, -0.15) is 13.2 Å². The lowest BCUT2D eigenvalue weighted by molar-refractivity contribution is -0.192. The Morgan fingerprint density at radius 2 is 1.40 bits per heavy atom. The van der Waals surface area contributed by atoms with E-state index in [4.69, 9.17) is 15.7 Å². The Morgan fingerprint density at radius 3 is 1.55 bits per heavy atom. The molecule has 5 nitrogen and oxygen atoms in total. The van der Waals surface area contributed by atoms with Gasteiger partial charge in [-0.1, -0.05) is 27.7 Å². The fourth-order valence-corrected chi connectivity index (χ4v) is 1.57. The first-order valence-corrected chi connectivity index (χ1v) is 6.22. The third-order valence-electron chi connectivity index (χ3n) is 2.27. The lowest BCUT2D eigenvalue weighted by Crippen LogP contribution is -2.37. The Hall–Kier alpha value is -1.31. The SMILES string of the molecule is CC(C)CC(CC(C)C)C(=O)NN.O=C(O)C(F)(F)F. The van der Waals surface area contributed by atoms with E-state index >= 15 is 0 Å². The van der Waals surface area contributed by atoms with Crippen molar-refractivity contribution in [2.45, 2.75) is 46.7 Å². The lowest BCUT2D eigenvalue weighted by Gasteiger charge is -2.18. The summed E-state index contributed by atoms with van der Waals surface area (Å²) in [6, 6.07) is 0. The minimum atomic E-state index is -5.08. The number of nitrogens with one attached hydrogen (secondary N) is 1. The Bertz CT molecular complexity index is 295. The van der Waals surface area contributed by atoms with Gasteiger partial charge in [0.15, 0.2) is 0 Å². The zero-order chi connectivity index (χ0) is 16.5. The number of carboxylic acid groups (broad SMARTS) is 1. The van der Waals surface area contributed by atoms with Gasteiger partial charge in [-0.25, -0.2) is 10.6 Å². The van der Waals surface area contributed by atoms with Gasteiger partial charge in [0.2, 0.25) is 5.91 Å². The van der Waals surface area contributed by atoms with Crippen molar-refractivity contribution >= 4 is 11.9 Å². The first kappa shape index (κ1) is 21.0. The zero-order valence-electron chi connectivity index (χ0n) is 12.1. The number of hydrogen-bond acceptors (Lipinski definition) is 3. The number of carbonyl (C=O) groups excluding carboxylic acids is 1. The van der Waals surface area contributed by atoms with E-state index in [-0.39, 0.29) is 11.8 Å². The highest BCUT2D eigenvalue weighted by molar-refractivity contribution is 5.77. The molecular weight excluding hydrogens is 277 g/mol. The van der Waals surface area contributed by atoms with Crippen LogP contribution in [0.1, 0.15) is 40.5 Å². The second-order valence-corrected chi connectivity index (χ2v) is 5.27. The van der Waals surface area contributed by atoms with Crippen LogP contribution < -0.4 is 11.3 Å². The normalized spacial score (nSPS) is 11.3. The summed E-state index contributed by atoms with van der Waals surface area (Å²) in [7, 11) is 0. The van der Waals surface area contributed by atoms with E-state index in [0.29, 0.717) is 11.8 Å². The molecule has 120 valence electrons. The van der Waals surface area contributed by atoms with E-state index in [2.05, 4.69) is 33.1 Å². The van der Waals surface area contributed by atoms with Crippen LogP contribution in [0.25, 0.3) is 0 Å². The van der Waals surface area contributed by atoms with Crippen molar-refractivity contribution in [3.63, 3.8) is 0 Å². The fraction of sp³-hybridized carbons (Fsp3) is 0.833. The molecule has 0 aliphatic rings. The van der Waals surface area contributed by atoms with Crippen LogP contribution in [-0.2, 0) is 9.59 Å². The van der Waals surface area contributed by atoms with Crippen molar-refractivity contribution in [1.82, 2.24) is 5.43 Å². The third kappa shape index (κ3) is 11.8. The van der Waals surface area contributed by atoms with Gasteiger partial charge in [-0.05, 0) is 24.7 Å². The predicted molar refractivity (Wildman–Crippen MR) is 68.4 cm³/mol. The monoisotopic (exact) mass is 300 g/mol. The Labute approximate surface area is 116 Å². The molecule has 0 unspecified atom stereocenters. The van der Waals surface area contributed by atoms with E-state index in [1.807, 2.05) is 0 Å². The van der Waals surface area contributed by atoms with Gasteiger partial charge in [-0.15, -0.1) is 0 Å². The lowest BCUT2D eigenvalue weighted by atomic mass is 9.89. The van der Waals surface area contributed by atoms with Crippen molar-refractivity contribution in [1.29, 1.82) is 0 Å². The number of carboxylic acids is 1. The summed E-state index contributed by atoms with van der Waals surface area (Å²) in [6.07, 6.45) is -3.25. The molecule has 20 heavy (non-hydrogen) atoms. The predicted octanol–water partition coefficient (Wildman–Crippen LogP) is 2.32. The molecule has 0 heterocycles. The van der Waals surface area contributed by atoms with Crippen molar-refractivity contribution in [2.75, 3.05) is 0 Å². The van der Waals surface area contributed by atoms with Gasteiger partial charge in [0.05, 0.1) is 0 Å². The molecule has 0 aromatic rings. The molecule has 8 heteroatoms. The van der Waals surface area contributed by atoms with Gasteiger partial charge in [0.25, 0.3) is 0 Å². The molecule has 1 amide bonds. The largest absolute Gasteiger partial charge is 0.490 e. The van der Waals surface area contributed by atoms with Crippen LogP contribution >= 0.6 is 0 Å². The van der Waals surface area contributed by atoms with Crippen molar-refractivity contribution in [3.8, 4) is 0 Å². The maximum atomic E-state index is 11.3. The van der Waals surface area contributed by atoms with E-state index in [1.165, 1.54) is 0 Å². The number of hydrazine groups is 1. The van der Waals surface area contributed by atoms with Gasteiger partial charge in [0.1, 0.15) is 0 Å². The molecule has 0 saturated heterocycles. The average molecular weight is 300 g/mol. The summed E-state index contributed by atoms with van der Waals surface area (Å²) in [5, 5.41) is 7.12. The summed E-state index contributed by atoms with van der Waals surface area (Å²) in [4.78, 5) is 20.2. The molecule has 4 N–H and O–H groups in total. The summed E-state index contributed by atoms with van der Waals surface area (Å²) in [6.45, 7) is 8.49. The summed E-state index contributed by atoms with van der Waals surface area (Å²) >= 11 is 0. The second-order valence-electron chi connectivity index (χ2n) is 5.27. The highest BCUT2D eigenvalue weighted by atomic mass is 19.4. The molecule has 0 saturated carbocycles. The number of rotatable bonds is 5. The Kier molecular flexibility index (Phi) is 10.0. The quantitative estimate of drug-likeness (QED) is 0.413. The molecule has 0 aliphatic heterocycles. The average Bonchev–Trinajstić information content (AvgIpc) is 2.25. The van der Waals surface area contributed by atoms with Crippen molar-refractivity contribution < 1.29 is 27.9 Å². The Balaban J connectivity index is 0. The number of nitrogens with two attached hydrogens (primary N) is 1. The zero-order valence-corrected chi connectivity index (χ0v) is 12.1. The molecule has 0 fully saturated rings. The molecule has 0 aromatic heterocycles. The topological polar surface area (TPSA) is 92.4 Å². The maximum absolute atomic E-state index is 11.3. The van der Waals surface area contributed by atoms with Crippen LogP contribution in [0.5, 0.6) is 0 Å². The summed E-state index contributed by atoms with van der Waals surface area (Å²) in [5.74, 6) is 3.50. The number of carbonyl (C=O) groups is 2. The van der Waals surface area contributed by atoms with Gasteiger partial charge in [0, 0.05) is 5.92 Å². The van der Waals surface area contributed by atoms with Crippen LogP contribution in [0.3, 0.4) is 0 Å². The molecule has 0 spiro atoms. The van der Waals surface area contributed by atoms with E-state index in [1.54, 1.807) is 0 Å². The van der Waals surface area contributed by atoms with Crippen molar-refractivity contribution in [2.24, 2.45) is 23.6 Å². The highest BCUT2D eigenvalue weighted by Crippen LogP contribution is 2.19. The smallest absolute Gasteiger partial charge is 0.475 e. The molecular formula is C12H23F3N2O3. The number of amides is 1. The molecule has 0 radical (unpaired) electrons. The van der Waals surface area contributed by atoms with E-state index in [9.17, 15) is 18.0 Å². The maximum Gasteiger partial charge on any atom is 0.490 e. The summed E-state index contributed by atoms with van der Waals surface area (Å²) < 4.78 is 31.7. The fourth-order valence-electron chi connectivity index (χ4n) is 1.57. The van der Waals surface area contributed by atoms with Gasteiger partial charge >= 0.3 is 12.1 Å². The minimum absolute atomic E-state index is 0.0256. The first-order valence-electron chi connectivity index (χ1n) is 6.22.